The molecule has 0 bridgehead atoms. The third-order valence-corrected chi connectivity index (χ3v) is 9.99. The molecule has 5 aromatic carbocycles. The van der Waals surface area contributed by atoms with Crippen LogP contribution in [0.3, 0.4) is 0 Å². The number of nitro benzene ring substituents is 1. The fourth-order valence-electron chi connectivity index (χ4n) is 5.14. The topological polar surface area (TPSA) is 176 Å². The van der Waals surface area contributed by atoms with E-state index in [4.69, 9.17) is 8.37 Å². The van der Waals surface area contributed by atoms with Gasteiger partial charge in [0, 0.05) is 11.8 Å². The van der Waals surface area contributed by atoms with E-state index in [1.165, 1.54) is 42.5 Å². The second-order valence-electron chi connectivity index (χ2n) is 10.8. The smallest absolute Gasteiger partial charge is 0.339 e. The fraction of sp³-hybridized carbons (Fsp3) is 0.0588. The number of nitrogens with one attached hydrogen (secondary N) is 1. The van der Waals surface area contributed by atoms with Gasteiger partial charge in [0.2, 0.25) is 11.6 Å². The van der Waals surface area contributed by atoms with Gasteiger partial charge in [0.15, 0.2) is 11.5 Å². The number of nitrogens with zero attached hydrogens (tertiary/aromatic N) is 1. The molecule has 0 atom stereocenters. The van der Waals surface area contributed by atoms with Crippen molar-refractivity contribution < 1.29 is 39.7 Å². The molecule has 0 radical (unpaired) electrons. The van der Waals surface area contributed by atoms with Gasteiger partial charge >= 0.3 is 20.2 Å². The Kier molecular flexibility index (Phi) is 8.06. The second-order valence-corrected chi connectivity index (χ2v) is 13.9. The highest BCUT2D eigenvalue weighted by Crippen LogP contribution is 2.45. The molecule has 48 heavy (non-hydrogen) atoms. The van der Waals surface area contributed by atoms with Gasteiger partial charge in [-0.3, -0.25) is 19.7 Å². The van der Waals surface area contributed by atoms with Crippen LogP contribution in [0.25, 0.3) is 0 Å². The quantitative estimate of drug-likeness (QED) is 0.103. The van der Waals surface area contributed by atoms with Crippen molar-refractivity contribution >= 4 is 48.9 Å². The predicted molar refractivity (Wildman–Crippen MR) is 174 cm³/mol. The summed E-state index contributed by atoms with van der Waals surface area (Å²) >= 11 is 0. The summed E-state index contributed by atoms with van der Waals surface area (Å²) in [6.07, 6.45) is 0. The Morgan fingerprint density at radius 3 is 1.54 bits per heavy atom. The molecule has 5 aromatic rings. The molecule has 14 heteroatoms. The van der Waals surface area contributed by atoms with E-state index in [1.54, 1.807) is 56.3 Å². The van der Waals surface area contributed by atoms with E-state index >= 15 is 0 Å². The van der Waals surface area contributed by atoms with Gasteiger partial charge in [-0.1, -0.05) is 53.6 Å². The second kappa shape index (κ2) is 12.1. The van der Waals surface area contributed by atoms with Crippen LogP contribution in [-0.4, -0.2) is 33.3 Å². The zero-order valence-corrected chi connectivity index (χ0v) is 26.8. The van der Waals surface area contributed by atoms with E-state index < -0.39 is 76.2 Å². The van der Waals surface area contributed by atoms with Crippen LogP contribution >= 0.6 is 0 Å². The Hall–Kier alpha value is -5.86. The molecule has 0 saturated heterocycles. The molecule has 0 spiro atoms. The molecule has 1 aliphatic carbocycles. The van der Waals surface area contributed by atoms with Crippen LogP contribution in [0.15, 0.2) is 113 Å². The van der Waals surface area contributed by atoms with E-state index in [9.17, 15) is 36.5 Å². The molecule has 6 rings (SSSR count). The van der Waals surface area contributed by atoms with Crippen molar-refractivity contribution in [2.75, 3.05) is 5.32 Å². The summed E-state index contributed by atoms with van der Waals surface area (Å²) in [5.74, 6) is -3.41. The summed E-state index contributed by atoms with van der Waals surface area (Å²) in [6.45, 7) is 3.50. The first-order valence-electron chi connectivity index (χ1n) is 14.2. The standard InChI is InChI=1S/C34H24N2O10S2/c1-20-8-12-23(13-9-20)47(41,42)45-27-18-16-25(35-22-6-4-3-5-7-22)29-31(27)34(38)30-26(36(39)40)17-19-28(32(30)33(29)37)46-48(43,44)24-14-10-21(2)11-15-24/h3-19,35H,1-2H3. The zero-order chi connectivity index (χ0) is 34.4. The van der Waals surface area contributed by atoms with Crippen LogP contribution in [0.5, 0.6) is 11.5 Å². The van der Waals surface area contributed by atoms with Crippen LogP contribution in [0.4, 0.5) is 17.1 Å². The number of hydrogen-bond acceptors (Lipinski definition) is 11. The maximum atomic E-state index is 14.5. The molecule has 242 valence electrons. The van der Waals surface area contributed by atoms with Crippen LogP contribution in [0.2, 0.25) is 0 Å². The van der Waals surface area contributed by atoms with Crippen LogP contribution in [0, 0.1) is 24.0 Å². The normalized spacial score (nSPS) is 12.5. The van der Waals surface area contributed by atoms with E-state index in [0.29, 0.717) is 5.69 Å². The fourth-order valence-corrected chi connectivity index (χ4v) is 7.02. The Morgan fingerprint density at radius 1 is 0.583 bits per heavy atom. The number of rotatable bonds is 9. The summed E-state index contributed by atoms with van der Waals surface area (Å²) in [4.78, 5) is 39.5. The summed E-state index contributed by atoms with van der Waals surface area (Å²) < 4.78 is 64.0. The molecule has 0 fully saturated rings. The molecule has 1 N–H and O–H groups in total. The van der Waals surface area contributed by atoms with Crippen molar-refractivity contribution in [1.29, 1.82) is 0 Å². The van der Waals surface area contributed by atoms with Gasteiger partial charge in [0.05, 0.1) is 27.3 Å². The maximum Gasteiger partial charge on any atom is 0.339 e. The highest BCUT2D eigenvalue weighted by molar-refractivity contribution is 7.87. The Bertz CT molecular complexity index is 2360. The van der Waals surface area contributed by atoms with E-state index in [2.05, 4.69) is 5.32 Å². The molecule has 0 saturated carbocycles. The van der Waals surface area contributed by atoms with Gasteiger partial charge in [-0.25, -0.2) is 0 Å². The zero-order valence-electron chi connectivity index (χ0n) is 25.2. The SMILES string of the molecule is Cc1ccc(S(=O)(=O)Oc2ccc(Nc3ccccc3)c3c2C(=O)c2c([N+](=O)[O-])ccc(OS(=O)(=O)c4ccc(C)cc4)c2C3=O)cc1. The Labute approximate surface area is 275 Å². The first kappa shape index (κ1) is 32.1. The van der Waals surface area contributed by atoms with E-state index in [1.807, 2.05) is 0 Å². The summed E-state index contributed by atoms with van der Waals surface area (Å²) in [7, 11) is -9.16. The van der Waals surface area contributed by atoms with E-state index in [0.717, 1.165) is 29.3 Å². The van der Waals surface area contributed by atoms with Crippen LogP contribution < -0.4 is 13.7 Å². The molecule has 0 unspecified atom stereocenters. The molecule has 0 aliphatic heterocycles. The average Bonchev–Trinajstić information content (AvgIpc) is 3.04. The van der Waals surface area contributed by atoms with Gasteiger partial charge in [-0.15, -0.1) is 0 Å². The van der Waals surface area contributed by atoms with Crippen LogP contribution in [0.1, 0.15) is 43.0 Å². The van der Waals surface area contributed by atoms with Crippen molar-refractivity contribution in [1.82, 2.24) is 0 Å². The van der Waals surface area contributed by atoms with Gasteiger partial charge in [-0.05, 0) is 68.4 Å². The number of para-hydroxylation sites is 1. The lowest BCUT2D eigenvalue weighted by atomic mass is 9.81. The van der Waals surface area contributed by atoms with Gasteiger partial charge < -0.3 is 13.7 Å². The highest BCUT2D eigenvalue weighted by Gasteiger charge is 2.43. The first-order chi connectivity index (χ1) is 22.8. The molecule has 0 aromatic heterocycles. The number of hydrogen-bond donors (Lipinski definition) is 1. The Morgan fingerprint density at radius 2 is 1.04 bits per heavy atom. The summed E-state index contributed by atoms with van der Waals surface area (Å²) in [5.41, 5.74) is -1.27. The van der Waals surface area contributed by atoms with Crippen LogP contribution in [-0.2, 0) is 20.2 Å². The average molecular weight is 685 g/mol. The minimum Gasteiger partial charge on any atom is -0.378 e. The number of anilines is 2. The molecular formula is C34H24N2O10S2. The summed E-state index contributed by atoms with van der Waals surface area (Å²) in [6, 6.07) is 24.0. The van der Waals surface area contributed by atoms with Gasteiger partial charge in [-0.2, -0.15) is 16.8 Å². The Balaban J connectivity index is 1.56. The molecule has 0 heterocycles. The van der Waals surface area contributed by atoms with Crippen molar-refractivity contribution in [3.8, 4) is 11.5 Å². The maximum absolute atomic E-state index is 14.5. The molecule has 12 nitrogen and oxygen atoms in total. The number of ketones is 2. The number of aryl methyl sites for hydroxylation is 2. The lowest BCUT2D eigenvalue weighted by Crippen LogP contribution is -2.26. The largest absolute Gasteiger partial charge is 0.378 e. The number of carbonyl (C=O) groups excluding carboxylic acids is 2. The summed E-state index contributed by atoms with van der Waals surface area (Å²) in [5, 5.41) is 15.2. The van der Waals surface area contributed by atoms with Gasteiger partial charge in [0.25, 0.3) is 5.69 Å². The lowest BCUT2D eigenvalue weighted by Gasteiger charge is -2.24. The van der Waals surface area contributed by atoms with Crippen molar-refractivity contribution in [2.24, 2.45) is 0 Å². The minimum absolute atomic E-state index is 0.0131. The predicted octanol–water partition coefficient (Wildman–Crippen LogP) is 6.27. The molecule has 0 amide bonds. The van der Waals surface area contributed by atoms with Gasteiger partial charge in [0.1, 0.15) is 15.4 Å². The number of fused-ring (bicyclic) bond motifs is 2. The lowest BCUT2D eigenvalue weighted by molar-refractivity contribution is -0.385. The monoisotopic (exact) mass is 684 g/mol. The minimum atomic E-state index is -4.59. The van der Waals surface area contributed by atoms with Crippen molar-refractivity contribution in [3.63, 3.8) is 0 Å². The number of nitro groups is 1. The third-order valence-electron chi connectivity index (χ3n) is 7.49. The molecule has 1 aliphatic rings. The van der Waals surface area contributed by atoms with Crippen molar-refractivity contribution in [2.45, 2.75) is 23.6 Å². The number of benzene rings is 5. The van der Waals surface area contributed by atoms with Crippen molar-refractivity contribution in [3.05, 3.63) is 147 Å². The first-order valence-corrected chi connectivity index (χ1v) is 17.0. The van der Waals surface area contributed by atoms with E-state index in [-0.39, 0.29) is 15.5 Å². The highest BCUT2D eigenvalue weighted by atomic mass is 32.2. The third kappa shape index (κ3) is 5.89. The molecular weight excluding hydrogens is 661 g/mol. The number of carbonyl (C=O) groups is 2.